The molecule has 1 aromatic rings. The van der Waals surface area contributed by atoms with Crippen LogP contribution in [0.5, 0.6) is 0 Å². The molecule has 0 amide bonds. The molecule has 0 aliphatic carbocycles. The van der Waals surface area contributed by atoms with Crippen LogP contribution in [0.15, 0.2) is 6.07 Å². The van der Waals surface area contributed by atoms with Gasteiger partial charge < -0.3 is 4.90 Å². The van der Waals surface area contributed by atoms with Crippen LogP contribution in [0.3, 0.4) is 0 Å². The highest BCUT2D eigenvalue weighted by atomic mass is 15.2. The highest BCUT2D eigenvalue weighted by Gasteiger charge is 2.11. The lowest BCUT2D eigenvalue weighted by molar-refractivity contribution is 0.697. The number of nitriles is 1. The summed E-state index contributed by atoms with van der Waals surface area (Å²) in [6, 6.07) is 4.19. The molecule has 1 rings (SSSR count). The van der Waals surface area contributed by atoms with Gasteiger partial charge in [0.1, 0.15) is 11.6 Å². The van der Waals surface area contributed by atoms with E-state index >= 15 is 0 Å². The molecule has 0 spiro atoms. The highest BCUT2D eigenvalue weighted by molar-refractivity contribution is 5.39. The summed E-state index contributed by atoms with van der Waals surface area (Å²) in [6.45, 7) is 8.73. The lowest BCUT2D eigenvalue weighted by Gasteiger charge is -2.20. The molecule has 0 fully saturated rings. The average molecular weight is 232 g/mol. The van der Waals surface area contributed by atoms with Gasteiger partial charge in [-0.1, -0.05) is 13.8 Å². The largest absolute Gasteiger partial charge is 0.358 e. The summed E-state index contributed by atoms with van der Waals surface area (Å²) in [4.78, 5) is 10.9. The molecule has 92 valence electrons. The smallest absolute Gasteiger partial charge is 0.133 e. The molecule has 17 heavy (non-hydrogen) atoms. The van der Waals surface area contributed by atoms with Gasteiger partial charge >= 0.3 is 0 Å². The van der Waals surface area contributed by atoms with Gasteiger partial charge in [0.2, 0.25) is 0 Å². The molecule has 1 aromatic heterocycles. The van der Waals surface area contributed by atoms with E-state index in [0.717, 1.165) is 17.3 Å². The standard InChI is InChI=1S/C13H20N4/c1-9(2)13-15-11(4)6-12(16-13)17(5)8-10(3)7-14/h6,9-10H,8H2,1-5H3. The van der Waals surface area contributed by atoms with E-state index in [9.17, 15) is 0 Å². The lowest BCUT2D eigenvalue weighted by atomic mass is 10.2. The predicted octanol–water partition coefficient (Wildman–Crippen LogP) is 2.50. The summed E-state index contributed by atoms with van der Waals surface area (Å²) in [7, 11) is 1.96. The summed E-state index contributed by atoms with van der Waals surface area (Å²) in [6.07, 6.45) is 0. The molecule has 0 aromatic carbocycles. The number of hydrogen-bond acceptors (Lipinski definition) is 4. The molecule has 0 saturated carbocycles. The third-order valence-corrected chi connectivity index (χ3v) is 2.53. The van der Waals surface area contributed by atoms with Crippen LogP contribution < -0.4 is 4.90 Å². The van der Waals surface area contributed by atoms with E-state index < -0.39 is 0 Å². The van der Waals surface area contributed by atoms with Gasteiger partial charge in [0.15, 0.2) is 0 Å². The van der Waals surface area contributed by atoms with Crippen molar-refractivity contribution in [2.24, 2.45) is 5.92 Å². The minimum atomic E-state index is -0.00206. The summed E-state index contributed by atoms with van der Waals surface area (Å²) in [5, 5.41) is 8.82. The van der Waals surface area contributed by atoms with Crippen molar-refractivity contribution in [1.29, 1.82) is 5.26 Å². The Balaban J connectivity index is 2.94. The van der Waals surface area contributed by atoms with Gasteiger partial charge in [-0.15, -0.1) is 0 Å². The van der Waals surface area contributed by atoms with Crippen LogP contribution in [0.2, 0.25) is 0 Å². The van der Waals surface area contributed by atoms with Crippen molar-refractivity contribution < 1.29 is 0 Å². The molecule has 1 heterocycles. The molecular weight excluding hydrogens is 212 g/mol. The lowest BCUT2D eigenvalue weighted by Crippen LogP contribution is -2.25. The van der Waals surface area contributed by atoms with Crippen LogP contribution in [0.1, 0.15) is 38.2 Å². The molecular formula is C13H20N4. The number of rotatable bonds is 4. The van der Waals surface area contributed by atoms with Gasteiger partial charge in [0, 0.05) is 31.3 Å². The monoisotopic (exact) mass is 232 g/mol. The Labute approximate surface area is 103 Å². The van der Waals surface area contributed by atoms with Crippen molar-refractivity contribution in [3.8, 4) is 6.07 Å². The fraction of sp³-hybridized carbons (Fsp3) is 0.615. The molecule has 0 saturated heterocycles. The van der Waals surface area contributed by atoms with E-state index in [1.807, 2.05) is 31.9 Å². The van der Waals surface area contributed by atoms with Crippen molar-refractivity contribution >= 4 is 5.82 Å². The van der Waals surface area contributed by atoms with Crippen LogP contribution in [0.25, 0.3) is 0 Å². The SMILES string of the molecule is Cc1cc(N(C)CC(C)C#N)nc(C(C)C)n1. The van der Waals surface area contributed by atoms with E-state index in [4.69, 9.17) is 5.26 Å². The third kappa shape index (κ3) is 3.70. The molecule has 0 aliphatic heterocycles. The Bertz CT molecular complexity index is 420. The van der Waals surface area contributed by atoms with Crippen LogP contribution in [0, 0.1) is 24.2 Å². The van der Waals surface area contributed by atoms with Gasteiger partial charge in [-0.25, -0.2) is 9.97 Å². The molecule has 4 nitrogen and oxygen atoms in total. The Morgan fingerprint density at radius 1 is 1.35 bits per heavy atom. The Morgan fingerprint density at radius 2 is 2.00 bits per heavy atom. The Hall–Kier alpha value is -1.63. The van der Waals surface area contributed by atoms with Crippen molar-refractivity contribution in [2.45, 2.75) is 33.6 Å². The van der Waals surface area contributed by atoms with Gasteiger partial charge in [0.05, 0.1) is 12.0 Å². The second kappa shape index (κ2) is 5.62. The first kappa shape index (κ1) is 13.4. The quantitative estimate of drug-likeness (QED) is 0.800. The number of hydrogen-bond donors (Lipinski definition) is 0. The fourth-order valence-corrected chi connectivity index (χ4v) is 1.57. The molecule has 1 atom stereocenters. The van der Waals surface area contributed by atoms with Gasteiger partial charge in [-0.2, -0.15) is 5.26 Å². The molecule has 4 heteroatoms. The highest BCUT2D eigenvalue weighted by Crippen LogP contribution is 2.16. The third-order valence-electron chi connectivity index (χ3n) is 2.53. The normalized spacial score (nSPS) is 12.3. The maximum atomic E-state index is 8.82. The summed E-state index contributed by atoms with van der Waals surface area (Å²) < 4.78 is 0. The van der Waals surface area contributed by atoms with E-state index in [1.54, 1.807) is 0 Å². The second-order valence-electron chi connectivity index (χ2n) is 4.79. The summed E-state index contributed by atoms with van der Waals surface area (Å²) in [5.74, 6) is 2.06. The Morgan fingerprint density at radius 3 is 2.53 bits per heavy atom. The van der Waals surface area contributed by atoms with Crippen LogP contribution in [-0.4, -0.2) is 23.6 Å². The first-order valence-corrected chi connectivity index (χ1v) is 5.90. The zero-order valence-electron chi connectivity index (χ0n) is 11.2. The van der Waals surface area contributed by atoms with Gasteiger partial charge in [-0.3, -0.25) is 0 Å². The molecule has 0 bridgehead atoms. The van der Waals surface area contributed by atoms with Crippen LogP contribution >= 0.6 is 0 Å². The summed E-state index contributed by atoms with van der Waals surface area (Å²) >= 11 is 0. The fourth-order valence-electron chi connectivity index (χ4n) is 1.57. The minimum Gasteiger partial charge on any atom is -0.358 e. The van der Waals surface area contributed by atoms with Crippen molar-refractivity contribution in [2.75, 3.05) is 18.5 Å². The maximum absolute atomic E-state index is 8.82. The van der Waals surface area contributed by atoms with E-state index in [-0.39, 0.29) is 5.92 Å². The predicted molar refractivity (Wildman–Crippen MR) is 68.9 cm³/mol. The van der Waals surface area contributed by atoms with Crippen molar-refractivity contribution in [3.63, 3.8) is 0 Å². The number of nitrogens with zero attached hydrogens (tertiary/aromatic N) is 4. The summed E-state index contributed by atoms with van der Waals surface area (Å²) in [5.41, 5.74) is 0.968. The second-order valence-corrected chi connectivity index (χ2v) is 4.79. The van der Waals surface area contributed by atoms with Crippen LogP contribution in [-0.2, 0) is 0 Å². The molecule has 1 unspecified atom stereocenters. The van der Waals surface area contributed by atoms with Crippen molar-refractivity contribution in [1.82, 2.24) is 9.97 Å². The van der Waals surface area contributed by atoms with Crippen molar-refractivity contribution in [3.05, 3.63) is 17.6 Å². The number of aryl methyl sites for hydroxylation is 1. The first-order chi connectivity index (χ1) is 7.93. The first-order valence-electron chi connectivity index (χ1n) is 5.90. The zero-order chi connectivity index (χ0) is 13.0. The minimum absolute atomic E-state index is 0.00206. The van der Waals surface area contributed by atoms with Crippen LogP contribution in [0.4, 0.5) is 5.82 Å². The topological polar surface area (TPSA) is 52.8 Å². The van der Waals surface area contributed by atoms with E-state index in [1.165, 1.54) is 0 Å². The Kier molecular flexibility index (Phi) is 4.45. The zero-order valence-corrected chi connectivity index (χ0v) is 11.2. The maximum Gasteiger partial charge on any atom is 0.133 e. The molecule has 0 aliphatic rings. The van der Waals surface area contributed by atoms with Gasteiger partial charge in [-0.05, 0) is 13.8 Å². The van der Waals surface area contributed by atoms with E-state index in [2.05, 4.69) is 29.9 Å². The van der Waals surface area contributed by atoms with E-state index in [0.29, 0.717) is 12.5 Å². The number of aromatic nitrogens is 2. The molecule has 0 N–H and O–H groups in total. The average Bonchev–Trinajstić information content (AvgIpc) is 2.27. The van der Waals surface area contributed by atoms with Gasteiger partial charge in [0.25, 0.3) is 0 Å². The number of anilines is 1. The molecule has 0 radical (unpaired) electrons.